The van der Waals surface area contributed by atoms with Crippen molar-refractivity contribution in [2.75, 3.05) is 31.2 Å². The highest BCUT2D eigenvalue weighted by Gasteiger charge is 2.56. The van der Waals surface area contributed by atoms with Crippen molar-refractivity contribution in [3.8, 4) is 0 Å². The lowest BCUT2D eigenvalue weighted by molar-refractivity contribution is -0.203. The quantitative estimate of drug-likeness (QED) is 0.819. The third-order valence-corrected chi connectivity index (χ3v) is 5.63. The van der Waals surface area contributed by atoms with Crippen LogP contribution in [0.15, 0.2) is 6.20 Å². The van der Waals surface area contributed by atoms with Crippen molar-refractivity contribution in [2.45, 2.75) is 58.2 Å². The van der Waals surface area contributed by atoms with Crippen molar-refractivity contribution in [3.05, 3.63) is 17.6 Å². The van der Waals surface area contributed by atoms with Crippen molar-refractivity contribution in [1.82, 2.24) is 9.97 Å². The molecule has 6 nitrogen and oxygen atoms in total. The first-order chi connectivity index (χ1) is 11.6. The van der Waals surface area contributed by atoms with Crippen LogP contribution in [0.2, 0.25) is 0 Å². The van der Waals surface area contributed by atoms with Crippen molar-refractivity contribution < 1.29 is 14.9 Å². The molecule has 2 fully saturated rings. The molecule has 1 aromatic heterocycles. The molecule has 1 aliphatic carbocycles. The van der Waals surface area contributed by atoms with Crippen molar-refractivity contribution in [2.24, 2.45) is 5.41 Å². The monoisotopic (exact) mass is 335 g/mol. The molecule has 0 radical (unpaired) electrons. The molecule has 2 atom stereocenters. The summed E-state index contributed by atoms with van der Waals surface area (Å²) in [5.74, 6) is 1.86. The molecule has 2 unspecified atom stereocenters. The van der Waals surface area contributed by atoms with E-state index in [1.165, 1.54) is 5.56 Å². The van der Waals surface area contributed by atoms with Crippen molar-refractivity contribution in [3.63, 3.8) is 0 Å². The summed E-state index contributed by atoms with van der Waals surface area (Å²) >= 11 is 0. The van der Waals surface area contributed by atoms with Crippen LogP contribution in [0.25, 0.3) is 0 Å². The molecule has 134 valence electrons. The van der Waals surface area contributed by atoms with E-state index in [0.717, 1.165) is 50.4 Å². The van der Waals surface area contributed by atoms with Crippen LogP contribution in [0.1, 0.15) is 44.0 Å². The van der Waals surface area contributed by atoms with Gasteiger partial charge in [-0.15, -0.1) is 0 Å². The fraction of sp³-hybridized carbons (Fsp3) is 0.778. The van der Waals surface area contributed by atoms with Gasteiger partial charge in [0.2, 0.25) is 0 Å². The highest BCUT2D eigenvalue weighted by atomic mass is 16.5. The predicted octanol–water partition coefficient (Wildman–Crippen LogP) is 1.47. The third kappa shape index (κ3) is 3.15. The van der Waals surface area contributed by atoms with E-state index in [1.807, 2.05) is 13.1 Å². The number of rotatable bonds is 6. The van der Waals surface area contributed by atoms with Crippen LogP contribution in [0.5, 0.6) is 0 Å². The number of aromatic nitrogens is 2. The molecule has 0 aromatic carbocycles. The summed E-state index contributed by atoms with van der Waals surface area (Å²) < 4.78 is 5.76. The molecule has 1 saturated heterocycles. The predicted molar refractivity (Wildman–Crippen MR) is 92.1 cm³/mol. The van der Waals surface area contributed by atoms with Gasteiger partial charge in [-0.05, 0) is 26.2 Å². The van der Waals surface area contributed by atoms with Gasteiger partial charge in [-0.3, -0.25) is 0 Å². The summed E-state index contributed by atoms with van der Waals surface area (Å²) in [5.41, 5.74) is 1.07. The van der Waals surface area contributed by atoms with E-state index >= 15 is 0 Å². The molecule has 1 aromatic rings. The zero-order valence-corrected chi connectivity index (χ0v) is 14.7. The van der Waals surface area contributed by atoms with Crippen LogP contribution in [0.3, 0.4) is 0 Å². The SMILES string of the molecule is CCCc1cnc(C)nc1N1CCC2(CC1)C(O)CC2OCCO. The van der Waals surface area contributed by atoms with E-state index < -0.39 is 0 Å². The standard InChI is InChI=1S/C18H29N3O3/c1-3-4-14-12-19-13(2)20-17(14)21-7-5-18(6-8-21)15(23)11-16(18)24-10-9-22/h12,15-16,22-23H,3-11H2,1-2H3. The Morgan fingerprint density at radius 3 is 2.75 bits per heavy atom. The van der Waals surface area contributed by atoms with E-state index in [9.17, 15) is 5.11 Å². The molecule has 2 N–H and O–H groups in total. The first-order valence-electron chi connectivity index (χ1n) is 9.08. The minimum Gasteiger partial charge on any atom is -0.394 e. The largest absolute Gasteiger partial charge is 0.394 e. The second-order valence-corrected chi connectivity index (χ2v) is 7.07. The number of hydrogen-bond acceptors (Lipinski definition) is 6. The Kier molecular flexibility index (Phi) is 5.37. The van der Waals surface area contributed by atoms with Gasteiger partial charge in [-0.2, -0.15) is 0 Å². The maximum Gasteiger partial charge on any atom is 0.135 e. The zero-order chi connectivity index (χ0) is 17.2. The van der Waals surface area contributed by atoms with Gasteiger partial charge >= 0.3 is 0 Å². The van der Waals surface area contributed by atoms with Crippen LogP contribution in [-0.2, 0) is 11.2 Å². The molecule has 24 heavy (non-hydrogen) atoms. The minimum atomic E-state index is -0.286. The Hall–Kier alpha value is -1.24. The maximum absolute atomic E-state index is 10.3. The summed E-state index contributed by atoms with van der Waals surface area (Å²) in [7, 11) is 0. The number of aliphatic hydroxyl groups excluding tert-OH is 2. The second-order valence-electron chi connectivity index (χ2n) is 7.07. The van der Waals surface area contributed by atoms with E-state index in [1.54, 1.807) is 0 Å². The summed E-state index contributed by atoms with van der Waals surface area (Å²) in [6, 6.07) is 0. The number of aliphatic hydroxyl groups is 2. The van der Waals surface area contributed by atoms with Gasteiger partial charge < -0.3 is 19.8 Å². The lowest BCUT2D eigenvalue weighted by atomic mass is 9.58. The van der Waals surface area contributed by atoms with Gasteiger partial charge in [0.15, 0.2) is 0 Å². The van der Waals surface area contributed by atoms with Crippen molar-refractivity contribution in [1.29, 1.82) is 0 Å². The van der Waals surface area contributed by atoms with Crippen LogP contribution in [0, 0.1) is 12.3 Å². The van der Waals surface area contributed by atoms with Crippen LogP contribution >= 0.6 is 0 Å². The van der Waals surface area contributed by atoms with Crippen LogP contribution in [-0.4, -0.2) is 58.7 Å². The molecular weight excluding hydrogens is 306 g/mol. The minimum absolute atomic E-state index is 0.0371. The number of ether oxygens (including phenoxy) is 1. The average Bonchev–Trinajstić information content (AvgIpc) is 2.60. The Labute approximate surface area is 143 Å². The summed E-state index contributed by atoms with van der Waals surface area (Å²) in [4.78, 5) is 11.4. The van der Waals surface area contributed by atoms with Gasteiger partial charge in [0, 0.05) is 36.7 Å². The van der Waals surface area contributed by atoms with Gasteiger partial charge in [-0.25, -0.2) is 9.97 Å². The zero-order valence-electron chi connectivity index (χ0n) is 14.7. The highest BCUT2D eigenvalue weighted by molar-refractivity contribution is 5.47. The molecule has 0 amide bonds. The smallest absolute Gasteiger partial charge is 0.135 e. The lowest BCUT2D eigenvalue weighted by Gasteiger charge is -2.56. The van der Waals surface area contributed by atoms with Gasteiger partial charge in [-0.1, -0.05) is 13.3 Å². The molecular formula is C18H29N3O3. The Morgan fingerprint density at radius 1 is 1.38 bits per heavy atom. The number of piperidine rings is 1. The Morgan fingerprint density at radius 2 is 2.12 bits per heavy atom. The molecule has 1 spiro atoms. The molecule has 2 heterocycles. The molecule has 1 aliphatic heterocycles. The number of nitrogens with zero attached hydrogens (tertiary/aromatic N) is 3. The number of aryl methyl sites for hydroxylation is 2. The molecule has 0 bridgehead atoms. The molecule has 3 rings (SSSR count). The third-order valence-electron chi connectivity index (χ3n) is 5.63. The van der Waals surface area contributed by atoms with E-state index in [-0.39, 0.29) is 24.2 Å². The lowest BCUT2D eigenvalue weighted by Crippen LogP contribution is -2.62. The first kappa shape index (κ1) is 17.6. The van der Waals surface area contributed by atoms with E-state index in [4.69, 9.17) is 9.84 Å². The van der Waals surface area contributed by atoms with Gasteiger partial charge in [0.05, 0.1) is 25.4 Å². The van der Waals surface area contributed by atoms with Crippen LogP contribution in [0.4, 0.5) is 5.82 Å². The fourth-order valence-corrected chi connectivity index (χ4v) is 4.15. The van der Waals surface area contributed by atoms with Gasteiger partial charge in [0.1, 0.15) is 11.6 Å². The summed E-state index contributed by atoms with van der Waals surface area (Å²) in [6.45, 7) is 6.25. The van der Waals surface area contributed by atoms with E-state index in [0.29, 0.717) is 13.0 Å². The molecule has 1 saturated carbocycles. The Bertz CT molecular complexity index is 558. The highest BCUT2D eigenvalue weighted by Crippen LogP contribution is 2.51. The molecule has 2 aliphatic rings. The number of anilines is 1. The topological polar surface area (TPSA) is 78.7 Å². The summed E-state index contributed by atoms with van der Waals surface area (Å²) in [5, 5.41) is 19.3. The van der Waals surface area contributed by atoms with E-state index in [2.05, 4.69) is 21.8 Å². The van der Waals surface area contributed by atoms with Crippen molar-refractivity contribution >= 4 is 5.82 Å². The van der Waals surface area contributed by atoms with Crippen LogP contribution < -0.4 is 4.90 Å². The number of hydrogen-bond donors (Lipinski definition) is 2. The fourth-order valence-electron chi connectivity index (χ4n) is 4.15. The average molecular weight is 335 g/mol. The normalized spacial score (nSPS) is 25.8. The summed E-state index contributed by atoms with van der Waals surface area (Å²) in [6.07, 6.45) is 6.30. The van der Waals surface area contributed by atoms with Gasteiger partial charge in [0.25, 0.3) is 0 Å². The second kappa shape index (κ2) is 7.33. The first-order valence-corrected chi connectivity index (χ1v) is 9.08. The molecule has 6 heteroatoms. The maximum atomic E-state index is 10.3. The Balaban J connectivity index is 1.70.